The molecule has 1 saturated heterocycles. The van der Waals surface area contributed by atoms with Crippen molar-refractivity contribution in [3.63, 3.8) is 0 Å². The van der Waals surface area contributed by atoms with Crippen molar-refractivity contribution in [3.8, 4) is 17.0 Å². The van der Waals surface area contributed by atoms with Gasteiger partial charge < -0.3 is 14.6 Å². The zero-order chi connectivity index (χ0) is 22.0. The highest BCUT2D eigenvalue weighted by atomic mass is 79.9. The van der Waals surface area contributed by atoms with Crippen LogP contribution in [0.25, 0.3) is 11.3 Å². The molecule has 0 bridgehead atoms. The number of nitrogens with one attached hydrogen (secondary N) is 1. The molecule has 162 valence electrons. The molecule has 0 atom stereocenters. The van der Waals surface area contributed by atoms with E-state index in [4.69, 9.17) is 4.74 Å². The number of H-pyrrole nitrogens is 1. The second-order valence-electron chi connectivity index (χ2n) is 7.53. The molecule has 1 aliphatic heterocycles. The molecule has 0 unspecified atom stereocenters. The van der Waals surface area contributed by atoms with Gasteiger partial charge in [-0.2, -0.15) is 0 Å². The van der Waals surface area contributed by atoms with Crippen molar-refractivity contribution in [2.75, 3.05) is 24.2 Å². The fourth-order valence-electron chi connectivity index (χ4n) is 3.60. The Morgan fingerprint density at radius 3 is 2.42 bits per heavy atom. The van der Waals surface area contributed by atoms with E-state index in [9.17, 15) is 13.2 Å². The summed E-state index contributed by atoms with van der Waals surface area (Å²) in [5, 5.41) is 0. The van der Waals surface area contributed by atoms with Gasteiger partial charge in [0.25, 0.3) is 5.56 Å². The first kappa shape index (κ1) is 21.6. The summed E-state index contributed by atoms with van der Waals surface area (Å²) < 4.78 is 30.2. The molecule has 4 rings (SSSR count). The number of hydrogen-bond acceptors (Lipinski definition) is 6. The van der Waals surface area contributed by atoms with Crippen molar-refractivity contribution >= 4 is 31.5 Å². The molecule has 7 nitrogen and oxygen atoms in total. The summed E-state index contributed by atoms with van der Waals surface area (Å²) in [4.78, 5) is 21.7. The summed E-state index contributed by atoms with van der Waals surface area (Å²) in [6.07, 6.45) is 4.70. The number of halogens is 1. The monoisotopic (exact) mass is 503 g/mol. The summed E-state index contributed by atoms with van der Waals surface area (Å²) in [6.45, 7) is 1.69. The number of hydrogen-bond donors (Lipinski definition) is 1. The minimum absolute atomic E-state index is 0.0157. The highest BCUT2D eigenvalue weighted by Crippen LogP contribution is 2.26. The Labute approximate surface area is 189 Å². The molecule has 3 heterocycles. The zero-order valence-corrected chi connectivity index (χ0v) is 19.3. The van der Waals surface area contributed by atoms with E-state index in [0.29, 0.717) is 17.0 Å². The molecular weight excluding hydrogens is 482 g/mol. The highest BCUT2D eigenvalue weighted by molar-refractivity contribution is 9.10. The van der Waals surface area contributed by atoms with Gasteiger partial charge in [0.2, 0.25) is 0 Å². The number of pyridine rings is 2. The third kappa shape index (κ3) is 5.34. The molecule has 1 fully saturated rings. The average Bonchev–Trinajstić information content (AvgIpc) is 2.74. The van der Waals surface area contributed by atoms with Crippen LogP contribution in [0, 0.1) is 0 Å². The van der Waals surface area contributed by atoms with Crippen LogP contribution < -0.4 is 15.2 Å². The Kier molecular flexibility index (Phi) is 6.15. The van der Waals surface area contributed by atoms with Gasteiger partial charge in [0.15, 0.2) is 9.84 Å². The van der Waals surface area contributed by atoms with Crippen molar-refractivity contribution in [2.45, 2.75) is 23.8 Å². The van der Waals surface area contributed by atoms with Gasteiger partial charge >= 0.3 is 0 Å². The number of aromatic amines is 1. The van der Waals surface area contributed by atoms with Gasteiger partial charge in [0.05, 0.1) is 22.5 Å². The number of rotatable bonds is 5. The third-order valence-corrected chi connectivity index (χ3v) is 6.83. The predicted molar refractivity (Wildman–Crippen MR) is 123 cm³/mol. The molecule has 0 saturated carbocycles. The van der Waals surface area contributed by atoms with E-state index >= 15 is 0 Å². The Morgan fingerprint density at radius 2 is 1.81 bits per heavy atom. The summed E-state index contributed by atoms with van der Waals surface area (Å²) in [7, 11) is -3.27. The highest BCUT2D eigenvalue weighted by Gasteiger charge is 2.21. The summed E-state index contributed by atoms with van der Waals surface area (Å²) in [6, 6.07) is 13.6. The lowest BCUT2D eigenvalue weighted by Gasteiger charge is -2.33. The smallest absolute Gasteiger partial charge is 0.252 e. The number of anilines is 1. The zero-order valence-electron chi connectivity index (χ0n) is 16.9. The fourth-order valence-corrected chi connectivity index (χ4v) is 4.47. The fraction of sp³-hybridized carbons (Fsp3) is 0.273. The van der Waals surface area contributed by atoms with Crippen LogP contribution in [0.2, 0.25) is 0 Å². The van der Waals surface area contributed by atoms with Crippen LogP contribution in [-0.2, 0) is 9.84 Å². The van der Waals surface area contributed by atoms with E-state index < -0.39 is 9.84 Å². The topological polar surface area (TPSA) is 92.4 Å². The maximum absolute atomic E-state index is 12.2. The summed E-state index contributed by atoms with van der Waals surface area (Å²) in [5.74, 6) is 0.509. The first-order valence-corrected chi connectivity index (χ1v) is 12.5. The molecule has 1 aliphatic rings. The SMILES string of the molecule is CS(=O)(=O)c1ccc(-c2cc(OC3CCN(c4ccc(Br)nc4)CC3)cc(=O)[nH]2)cc1. The van der Waals surface area contributed by atoms with E-state index in [1.54, 1.807) is 18.2 Å². The Morgan fingerprint density at radius 1 is 1.10 bits per heavy atom. The standard InChI is InChI=1S/C22H22BrN3O4S/c1-31(28,29)19-5-2-15(3-6-19)20-12-18(13-22(27)25-20)30-17-8-10-26(11-9-17)16-4-7-21(23)24-14-16/h2-7,12-14,17H,8-11H2,1H3,(H,25,27). The van der Waals surface area contributed by atoms with Gasteiger partial charge in [-0.1, -0.05) is 12.1 Å². The lowest BCUT2D eigenvalue weighted by atomic mass is 10.1. The van der Waals surface area contributed by atoms with Crippen molar-refractivity contribution in [2.24, 2.45) is 0 Å². The van der Waals surface area contributed by atoms with Gasteiger partial charge in [0, 0.05) is 44.3 Å². The van der Waals surface area contributed by atoms with Gasteiger partial charge in [-0.3, -0.25) is 4.79 Å². The van der Waals surface area contributed by atoms with E-state index in [-0.39, 0.29) is 16.6 Å². The van der Waals surface area contributed by atoms with E-state index in [2.05, 4.69) is 30.8 Å². The Bertz CT molecular complexity index is 1220. The number of nitrogens with zero attached hydrogens (tertiary/aromatic N) is 2. The maximum Gasteiger partial charge on any atom is 0.252 e. The second kappa shape index (κ2) is 8.84. The van der Waals surface area contributed by atoms with Crippen LogP contribution in [0.15, 0.2) is 69.0 Å². The van der Waals surface area contributed by atoms with Crippen molar-refractivity contribution < 1.29 is 13.2 Å². The summed E-state index contributed by atoms with van der Waals surface area (Å²) >= 11 is 3.35. The Hall–Kier alpha value is -2.65. The van der Waals surface area contributed by atoms with E-state index in [1.165, 1.54) is 18.2 Å². The lowest BCUT2D eigenvalue weighted by Crippen LogP contribution is -2.38. The Balaban J connectivity index is 1.44. The van der Waals surface area contributed by atoms with Gasteiger partial charge in [-0.05, 0) is 45.8 Å². The van der Waals surface area contributed by atoms with Crippen LogP contribution in [0.4, 0.5) is 5.69 Å². The molecule has 9 heteroatoms. The molecule has 0 aliphatic carbocycles. The van der Waals surface area contributed by atoms with E-state index in [0.717, 1.165) is 42.5 Å². The average molecular weight is 504 g/mol. The number of ether oxygens (including phenoxy) is 1. The number of aromatic nitrogens is 2. The maximum atomic E-state index is 12.2. The summed E-state index contributed by atoms with van der Waals surface area (Å²) in [5.41, 5.74) is 2.11. The second-order valence-corrected chi connectivity index (χ2v) is 10.4. The van der Waals surface area contributed by atoms with Gasteiger partial charge in [-0.15, -0.1) is 0 Å². The van der Waals surface area contributed by atoms with Crippen molar-refractivity contribution in [1.29, 1.82) is 0 Å². The number of benzene rings is 1. The molecule has 0 spiro atoms. The predicted octanol–water partition coefficient (Wildman–Crippen LogP) is 3.65. The lowest BCUT2D eigenvalue weighted by molar-refractivity contribution is 0.170. The molecule has 0 amide bonds. The number of piperidine rings is 1. The van der Waals surface area contributed by atoms with Crippen molar-refractivity contribution in [3.05, 3.63) is 69.7 Å². The molecule has 31 heavy (non-hydrogen) atoms. The first-order chi connectivity index (χ1) is 14.8. The quantitative estimate of drug-likeness (QED) is 0.534. The van der Waals surface area contributed by atoms with Crippen LogP contribution in [0.1, 0.15) is 12.8 Å². The largest absolute Gasteiger partial charge is 0.490 e. The van der Waals surface area contributed by atoms with Crippen molar-refractivity contribution in [1.82, 2.24) is 9.97 Å². The van der Waals surface area contributed by atoms with Crippen LogP contribution in [-0.4, -0.2) is 43.8 Å². The first-order valence-electron chi connectivity index (χ1n) is 9.86. The molecular formula is C22H22BrN3O4S. The van der Waals surface area contributed by atoms with Crippen LogP contribution >= 0.6 is 15.9 Å². The van der Waals surface area contributed by atoms with Crippen LogP contribution in [0.5, 0.6) is 5.75 Å². The van der Waals surface area contributed by atoms with Gasteiger partial charge in [0.1, 0.15) is 16.5 Å². The normalized spacial score (nSPS) is 15.1. The van der Waals surface area contributed by atoms with Gasteiger partial charge in [-0.25, -0.2) is 13.4 Å². The minimum atomic E-state index is -3.27. The molecule has 2 aromatic heterocycles. The molecule has 3 aromatic rings. The third-order valence-electron chi connectivity index (χ3n) is 5.23. The number of sulfone groups is 1. The molecule has 1 aromatic carbocycles. The molecule has 1 N–H and O–H groups in total. The molecule has 0 radical (unpaired) electrons. The van der Waals surface area contributed by atoms with E-state index in [1.807, 2.05) is 18.3 Å². The van der Waals surface area contributed by atoms with Crippen LogP contribution in [0.3, 0.4) is 0 Å². The minimum Gasteiger partial charge on any atom is -0.490 e.